The minimum atomic E-state index is -0.333. The van der Waals surface area contributed by atoms with Crippen molar-refractivity contribution in [3.63, 3.8) is 0 Å². The quantitative estimate of drug-likeness (QED) is 0.295. The van der Waals surface area contributed by atoms with E-state index >= 15 is 0 Å². The summed E-state index contributed by atoms with van der Waals surface area (Å²) in [6, 6.07) is 0. The molecule has 0 radical (unpaired) electrons. The molecule has 0 rings (SSSR count). The monoisotopic (exact) mass is 173 g/mol. The van der Waals surface area contributed by atoms with Gasteiger partial charge >= 0.3 is 0 Å². The van der Waals surface area contributed by atoms with Crippen LogP contribution in [0.15, 0.2) is 5.11 Å². The predicted octanol–water partition coefficient (Wildman–Crippen LogP) is 3.17. The molecule has 0 fully saturated rings. The van der Waals surface area contributed by atoms with E-state index in [-0.39, 0.29) is 10.3 Å². The Bertz CT molecular complexity index is 175. The van der Waals surface area contributed by atoms with E-state index in [1.165, 1.54) is 0 Å². The Hall–Kier alpha value is -0.340. The van der Waals surface area contributed by atoms with Gasteiger partial charge in [0.25, 0.3) is 0 Å². The Morgan fingerprint density at radius 3 is 2.09 bits per heavy atom. The highest BCUT2D eigenvalue weighted by Crippen LogP contribution is 2.27. The van der Waals surface area contributed by atoms with Crippen molar-refractivity contribution in [2.45, 2.75) is 44.4 Å². The molecule has 0 aromatic carbocycles. The molecule has 0 heterocycles. The maximum Gasteiger partial charge on any atom is 0.0445 e. The van der Waals surface area contributed by atoms with Gasteiger partial charge in [-0.05, 0) is 12.0 Å². The zero-order chi connectivity index (χ0) is 9.12. The van der Waals surface area contributed by atoms with Gasteiger partial charge in [-0.3, -0.25) is 0 Å². The van der Waals surface area contributed by atoms with Crippen LogP contribution in [0.2, 0.25) is 0 Å². The molecule has 0 N–H and O–H groups in total. The topological polar surface area (TPSA) is 48.8 Å². The van der Waals surface area contributed by atoms with E-state index in [2.05, 4.69) is 22.7 Å². The molecule has 0 saturated carbocycles. The number of hydrogen-bond acceptors (Lipinski definition) is 2. The van der Waals surface area contributed by atoms with E-state index in [1.807, 2.05) is 27.7 Å². The fourth-order valence-electron chi connectivity index (χ4n) is 1.22. The molecular weight excluding hydrogens is 158 g/mol. The molecule has 0 spiro atoms. The van der Waals surface area contributed by atoms with Crippen LogP contribution >= 0.6 is 12.6 Å². The molecule has 0 atom stereocenters. The van der Waals surface area contributed by atoms with Crippen molar-refractivity contribution >= 4 is 12.6 Å². The van der Waals surface area contributed by atoms with Gasteiger partial charge < -0.3 is 0 Å². The van der Waals surface area contributed by atoms with Crippen molar-refractivity contribution in [2.75, 3.05) is 0 Å². The summed E-state index contributed by atoms with van der Waals surface area (Å²) in [5.41, 5.74) is 7.90. The van der Waals surface area contributed by atoms with Crippen LogP contribution in [0.1, 0.15) is 34.1 Å². The average molecular weight is 173 g/mol. The highest BCUT2D eigenvalue weighted by Gasteiger charge is 2.24. The molecule has 0 aromatic heterocycles. The van der Waals surface area contributed by atoms with Crippen LogP contribution in [-0.4, -0.2) is 10.3 Å². The van der Waals surface area contributed by atoms with Crippen molar-refractivity contribution in [1.29, 1.82) is 0 Å². The molecule has 3 nitrogen and oxygen atoms in total. The van der Waals surface area contributed by atoms with Crippen molar-refractivity contribution in [3.05, 3.63) is 10.4 Å². The zero-order valence-corrected chi connectivity index (χ0v) is 8.39. The molecule has 0 aliphatic heterocycles. The largest absolute Gasteiger partial charge is 0.173 e. The van der Waals surface area contributed by atoms with E-state index in [9.17, 15) is 0 Å². The lowest BCUT2D eigenvalue weighted by Gasteiger charge is -2.27. The molecule has 0 aromatic rings. The summed E-state index contributed by atoms with van der Waals surface area (Å²) >= 11 is 4.36. The second-order valence-electron chi connectivity index (χ2n) is 3.99. The summed E-state index contributed by atoms with van der Waals surface area (Å²) in [6.45, 7) is 7.82. The Kier molecular flexibility index (Phi) is 3.27. The first-order chi connectivity index (χ1) is 4.77. The van der Waals surface area contributed by atoms with Crippen LogP contribution in [-0.2, 0) is 0 Å². The molecule has 0 aliphatic carbocycles. The molecule has 4 heteroatoms. The normalized spacial score (nSPS) is 12.5. The lowest BCUT2D eigenvalue weighted by Crippen LogP contribution is -2.26. The summed E-state index contributed by atoms with van der Waals surface area (Å²) in [5.74, 6) is 0. The molecule has 0 aliphatic rings. The van der Waals surface area contributed by atoms with E-state index < -0.39 is 0 Å². The number of nitrogens with zero attached hydrogens (tertiary/aromatic N) is 3. The SMILES string of the molecule is CC(C)(S)CC(C)(C)N=[N+]=[N-]. The highest BCUT2D eigenvalue weighted by atomic mass is 32.1. The summed E-state index contributed by atoms with van der Waals surface area (Å²) in [7, 11) is 0. The first-order valence-electron chi connectivity index (χ1n) is 3.55. The Morgan fingerprint density at radius 1 is 1.36 bits per heavy atom. The molecule has 0 saturated heterocycles. The molecule has 11 heavy (non-hydrogen) atoms. The third-order valence-corrected chi connectivity index (χ3v) is 1.34. The van der Waals surface area contributed by atoms with E-state index in [0.717, 1.165) is 6.42 Å². The predicted molar refractivity (Wildman–Crippen MR) is 50.9 cm³/mol. The smallest absolute Gasteiger partial charge is 0.0445 e. The number of azide groups is 1. The molecule has 0 amide bonds. The van der Waals surface area contributed by atoms with Crippen LogP contribution in [0.4, 0.5) is 0 Å². The third-order valence-electron chi connectivity index (χ3n) is 1.18. The fourth-order valence-corrected chi connectivity index (χ4v) is 1.60. The van der Waals surface area contributed by atoms with Gasteiger partial charge in [0.2, 0.25) is 0 Å². The second-order valence-corrected chi connectivity index (χ2v) is 5.20. The molecule has 64 valence electrons. The fraction of sp³-hybridized carbons (Fsp3) is 1.00. The van der Waals surface area contributed by atoms with Crippen molar-refractivity contribution in [3.8, 4) is 0 Å². The number of rotatable bonds is 3. The van der Waals surface area contributed by atoms with Crippen molar-refractivity contribution in [1.82, 2.24) is 0 Å². The van der Waals surface area contributed by atoms with Crippen LogP contribution < -0.4 is 0 Å². The molecular formula is C7H15N3S. The van der Waals surface area contributed by atoms with Gasteiger partial charge in [0.1, 0.15) is 0 Å². The van der Waals surface area contributed by atoms with Gasteiger partial charge in [-0.15, -0.1) is 0 Å². The zero-order valence-electron chi connectivity index (χ0n) is 7.50. The van der Waals surface area contributed by atoms with Crippen LogP contribution in [0.25, 0.3) is 10.4 Å². The van der Waals surface area contributed by atoms with Gasteiger partial charge in [-0.25, -0.2) is 0 Å². The Labute approximate surface area is 73.2 Å². The van der Waals surface area contributed by atoms with Crippen molar-refractivity contribution < 1.29 is 0 Å². The summed E-state index contributed by atoms with van der Waals surface area (Å²) in [6.07, 6.45) is 0.771. The minimum absolute atomic E-state index is 0.0856. The van der Waals surface area contributed by atoms with Gasteiger partial charge in [0.05, 0.1) is 0 Å². The maximum absolute atomic E-state index is 8.23. The molecule has 0 unspecified atom stereocenters. The lowest BCUT2D eigenvalue weighted by atomic mass is 9.93. The van der Waals surface area contributed by atoms with Gasteiger partial charge in [-0.1, -0.05) is 32.8 Å². The minimum Gasteiger partial charge on any atom is -0.173 e. The molecule has 0 bridgehead atoms. The average Bonchev–Trinajstić information content (AvgIpc) is 1.55. The first kappa shape index (κ1) is 10.7. The van der Waals surface area contributed by atoms with E-state index in [0.29, 0.717) is 0 Å². The van der Waals surface area contributed by atoms with Gasteiger partial charge in [-0.2, -0.15) is 12.6 Å². The van der Waals surface area contributed by atoms with Crippen LogP contribution in [0.5, 0.6) is 0 Å². The standard InChI is InChI=1S/C7H15N3S/c1-6(2,9-10-8)5-7(3,4)11/h11H,5H2,1-4H3. The number of hydrogen-bond donors (Lipinski definition) is 1. The van der Waals surface area contributed by atoms with E-state index in [1.54, 1.807) is 0 Å². The van der Waals surface area contributed by atoms with Crippen LogP contribution in [0, 0.1) is 0 Å². The maximum atomic E-state index is 8.23. The summed E-state index contributed by atoms with van der Waals surface area (Å²) in [4.78, 5) is 2.78. The Morgan fingerprint density at radius 2 is 1.82 bits per heavy atom. The van der Waals surface area contributed by atoms with Gasteiger partial charge in [0, 0.05) is 15.2 Å². The Balaban J connectivity index is 4.24. The highest BCUT2D eigenvalue weighted by molar-refractivity contribution is 7.81. The third kappa shape index (κ3) is 6.07. The van der Waals surface area contributed by atoms with Gasteiger partial charge in [0.15, 0.2) is 0 Å². The first-order valence-corrected chi connectivity index (χ1v) is 4.00. The van der Waals surface area contributed by atoms with Crippen LogP contribution in [0.3, 0.4) is 0 Å². The summed E-state index contributed by atoms with van der Waals surface area (Å²) in [5, 5.41) is 3.67. The summed E-state index contributed by atoms with van der Waals surface area (Å²) < 4.78 is -0.0856. The van der Waals surface area contributed by atoms with E-state index in [4.69, 9.17) is 5.53 Å². The number of thiol groups is 1. The second kappa shape index (κ2) is 3.37. The van der Waals surface area contributed by atoms with Crippen molar-refractivity contribution in [2.24, 2.45) is 5.11 Å². The lowest BCUT2D eigenvalue weighted by molar-refractivity contribution is 0.424.